The molecule has 1 aromatic carbocycles. The minimum atomic E-state index is 0.0415. The molecule has 1 saturated heterocycles. The fourth-order valence-corrected chi connectivity index (χ4v) is 2.69. The quantitative estimate of drug-likeness (QED) is 0.855. The number of amides is 1. The molecular weight excluding hydrogens is 292 g/mol. The van der Waals surface area contributed by atoms with Gasteiger partial charge in [-0.1, -0.05) is 30.3 Å². The zero-order valence-corrected chi connectivity index (χ0v) is 13.2. The van der Waals surface area contributed by atoms with E-state index in [1.165, 1.54) is 0 Å². The number of carbonyl (C=O) groups is 1. The standard InChI is InChI=1S/C17H20N4O2/c1-23-12-17(22)21-9-7-20(8-10-21)16-11-15(18-13-19-16)14-5-3-2-4-6-14/h2-6,11,13H,7-10,12H2,1H3. The highest BCUT2D eigenvalue weighted by molar-refractivity contribution is 5.77. The summed E-state index contributed by atoms with van der Waals surface area (Å²) in [5.41, 5.74) is 1.98. The van der Waals surface area contributed by atoms with Gasteiger partial charge < -0.3 is 14.5 Å². The van der Waals surface area contributed by atoms with Gasteiger partial charge in [-0.2, -0.15) is 0 Å². The Balaban J connectivity index is 1.68. The summed E-state index contributed by atoms with van der Waals surface area (Å²) in [7, 11) is 1.54. The van der Waals surface area contributed by atoms with Crippen molar-refractivity contribution in [3.8, 4) is 11.3 Å². The number of rotatable bonds is 4. The Hall–Kier alpha value is -2.47. The largest absolute Gasteiger partial charge is 0.375 e. The monoisotopic (exact) mass is 312 g/mol. The van der Waals surface area contributed by atoms with E-state index in [9.17, 15) is 4.79 Å². The second kappa shape index (κ2) is 7.19. The van der Waals surface area contributed by atoms with Crippen LogP contribution < -0.4 is 4.90 Å². The number of ether oxygens (including phenoxy) is 1. The first-order chi connectivity index (χ1) is 11.3. The second-order valence-corrected chi connectivity index (χ2v) is 5.43. The molecule has 3 rings (SSSR count). The highest BCUT2D eigenvalue weighted by Gasteiger charge is 2.21. The molecule has 0 atom stereocenters. The summed E-state index contributed by atoms with van der Waals surface area (Å²) in [5.74, 6) is 0.942. The van der Waals surface area contributed by atoms with E-state index in [4.69, 9.17) is 4.74 Å². The Morgan fingerprint density at radius 2 is 1.87 bits per heavy atom. The fourth-order valence-electron chi connectivity index (χ4n) is 2.69. The molecule has 6 heteroatoms. The number of anilines is 1. The molecule has 2 aromatic rings. The van der Waals surface area contributed by atoms with Crippen molar-refractivity contribution in [2.45, 2.75) is 0 Å². The maximum Gasteiger partial charge on any atom is 0.248 e. The normalized spacial score (nSPS) is 14.8. The summed E-state index contributed by atoms with van der Waals surface area (Å²) >= 11 is 0. The number of nitrogens with zero attached hydrogens (tertiary/aromatic N) is 4. The van der Waals surface area contributed by atoms with Crippen molar-refractivity contribution in [3.05, 3.63) is 42.7 Å². The molecule has 1 fully saturated rings. The molecule has 120 valence electrons. The van der Waals surface area contributed by atoms with Crippen molar-refractivity contribution in [1.29, 1.82) is 0 Å². The van der Waals surface area contributed by atoms with Crippen molar-refractivity contribution in [2.75, 3.05) is 44.8 Å². The van der Waals surface area contributed by atoms with Crippen molar-refractivity contribution in [1.82, 2.24) is 14.9 Å². The minimum absolute atomic E-state index is 0.0415. The Morgan fingerprint density at radius 3 is 2.57 bits per heavy atom. The van der Waals surface area contributed by atoms with Gasteiger partial charge in [0.2, 0.25) is 5.91 Å². The molecule has 0 bridgehead atoms. The SMILES string of the molecule is COCC(=O)N1CCN(c2cc(-c3ccccc3)ncn2)CC1. The lowest BCUT2D eigenvalue weighted by Crippen LogP contribution is -2.50. The van der Waals surface area contributed by atoms with Crippen LogP contribution in [0, 0.1) is 0 Å². The number of hydrogen-bond acceptors (Lipinski definition) is 5. The van der Waals surface area contributed by atoms with E-state index in [2.05, 4.69) is 14.9 Å². The van der Waals surface area contributed by atoms with Crippen LogP contribution in [0.4, 0.5) is 5.82 Å². The average Bonchev–Trinajstić information content (AvgIpc) is 2.63. The van der Waals surface area contributed by atoms with Crippen LogP contribution in [-0.2, 0) is 9.53 Å². The number of hydrogen-bond donors (Lipinski definition) is 0. The molecule has 0 saturated carbocycles. The molecule has 6 nitrogen and oxygen atoms in total. The first-order valence-electron chi connectivity index (χ1n) is 7.67. The number of benzene rings is 1. The smallest absolute Gasteiger partial charge is 0.248 e. The molecule has 0 radical (unpaired) electrons. The van der Waals surface area contributed by atoms with Gasteiger partial charge in [0, 0.05) is 44.9 Å². The third-order valence-electron chi connectivity index (χ3n) is 3.95. The van der Waals surface area contributed by atoms with Gasteiger partial charge >= 0.3 is 0 Å². The van der Waals surface area contributed by atoms with E-state index in [0.29, 0.717) is 13.1 Å². The summed E-state index contributed by atoms with van der Waals surface area (Å²) in [6.07, 6.45) is 1.60. The Kier molecular flexibility index (Phi) is 4.83. The van der Waals surface area contributed by atoms with E-state index in [-0.39, 0.29) is 12.5 Å². The van der Waals surface area contributed by atoms with Crippen molar-refractivity contribution in [3.63, 3.8) is 0 Å². The second-order valence-electron chi connectivity index (χ2n) is 5.43. The van der Waals surface area contributed by atoms with E-state index in [1.54, 1.807) is 13.4 Å². The van der Waals surface area contributed by atoms with Crippen LogP contribution in [0.15, 0.2) is 42.7 Å². The number of methoxy groups -OCH3 is 1. The van der Waals surface area contributed by atoms with E-state index < -0.39 is 0 Å². The topological polar surface area (TPSA) is 58.6 Å². The molecule has 0 N–H and O–H groups in total. The van der Waals surface area contributed by atoms with E-state index in [1.807, 2.05) is 41.3 Å². The molecule has 23 heavy (non-hydrogen) atoms. The summed E-state index contributed by atoms with van der Waals surface area (Å²) in [5, 5.41) is 0. The van der Waals surface area contributed by atoms with Gasteiger partial charge in [-0.25, -0.2) is 9.97 Å². The van der Waals surface area contributed by atoms with Crippen molar-refractivity contribution >= 4 is 11.7 Å². The highest BCUT2D eigenvalue weighted by atomic mass is 16.5. The lowest BCUT2D eigenvalue weighted by atomic mass is 10.1. The minimum Gasteiger partial charge on any atom is -0.375 e. The molecule has 1 amide bonds. The molecule has 0 aliphatic carbocycles. The highest BCUT2D eigenvalue weighted by Crippen LogP contribution is 2.21. The Morgan fingerprint density at radius 1 is 1.13 bits per heavy atom. The number of carbonyl (C=O) groups excluding carboxylic acids is 1. The van der Waals surface area contributed by atoms with Gasteiger partial charge in [0.1, 0.15) is 18.8 Å². The molecule has 1 aliphatic heterocycles. The van der Waals surface area contributed by atoms with Crippen LogP contribution in [0.1, 0.15) is 0 Å². The zero-order chi connectivity index (χ0) is 16.1. The van der Waals surface area contributed by atoms with Crippen LogP contribution >= 0.6 is 0 Å². The predicted octanol–water partition coefficient (Wildman–Crippen LogP) is 1.44. The van der Waals surface area contributed by atoms with Gasteiger partial charge in [-0.3, -0.25) is 4.79 Å². The third kappa shape index (κ3) is 3.65. The summed E-state index contributed by atoms with van der Waals surface area (Å²) in [6, 6.07) is 12.1. The predicted molar refractivity (Wildman–Crippen MR) is 88.1 cm³/mol. The maximum atomic E-state index is 11.8. The number of aromatic nitrogens is 2. The van der Waals surface area contributed by atoms with Crippen LogP contribution in [0.25, 0.3) is 11.3 Å². The molecule has 1 aromatic heterocycles. The first kappa shape index (κ1) is 15.4. The lowest BCUT2D eigenvalue weighted by molar-refractivity contribution is -0.135. The van der Waals surface area contributed by atoms with Crippen molar-refractivity contribution < 1.29 is 9.53 Å². The van der Waals surface area contributed by atoms with E-state index >= 15 is 0 Å². The van der Waals surface area contributed by atoms with Gasteiger partial charge in [-0.15, -0.1) is 0 Å². The summed E-state index contributed by atoms with van der Waals surface area (Å²) in [4.78, 5) is 24.6. The van der Waals surface area contributed by atoms with Gasteiger partial charge in [0.15, 0.2) is 0 Å². The van der Waals surface area contributed by atoms with Crippen LogP contribution in [-0.4, -0.2) is 60.7 Å². The van der Waals surface area contributed by atoms with Crippen LogP contribution in [0.3, 0.4) is 0 Å². The fraction of sp³-hybridized carbons (Fsp3) is 0.353. The van der Waals surface area contributed by atoms with Crippen molar-refractivity contribution in [2.24, 2.45) is 0 Å². The third-order valence-corrected chi connectivity index (χ3v) is 3.95. The maximum absolute atomic E-state index is 11.8. The molecule has 0 unspecified atom stereocenters. The Bertz CT molecular complexity index is 655. The zero-order valence-electron chi connectivity index (χ0n) is 13.2. The lowest BCUT2D eigenvalue weighted by Gasteiger charge is -2.35. The van der Waals surface area contributed by atoms with Crippen LogP contribution in [0.2, 0.25) is 0 Å². The molecule has 2 heterocycles. The molecule has 1 aliphatic rings. The summed E-state index contributed by atoms with van der Waals surface area (Å²) in [6.45, 7) is 3.05. The molecular formula is C17H20N4O2. The summed E-state index contributed by atoms with van der Waals surface area (Å²) < 4.78 is 4.91. The number of piperazine rings is 1. The van der Waals surface area contributed by atoms with Gasteiger partial charge in [0.05, 0.1) is 5.69 Å². The Labute approximate surface area is 135 Å². The van der Waals surface area contributed by atoms with Crippen LogP contribution in [0.5, 0.6) is 0 Å². The van der Waals surface area contributed by atoms with Gasteiger partial charge in [0.25, 0.3) is 0 Å². The van der Waals surface area contributed by atoms with E-state index in [0.717, 1.165) is 30.2 Å². The van der Waals surface area contributed by atoms with Gasteiger partial charge in [-0.05, 0) is 0 Å². The average molecular weight is 312 g/mol. The first-order valence-corrected chi connectivity index (χ1v) is 7.67. The molecule has 0 spiro atoms.